The number of hydrogen-bond acceptors (Lipinski definition) is 4. The van der Waals surface area contributed by atoms with Crippen molar-refractivity contribution < 1.29 is 19.4 Å². The lowest BCUT2D eigenvalue weighted by atomic mass is 9.80. The topological polar surface area (TPSA) is 66.8 Å². The number of carbonyl (C=O) groups excluding carboxylic acids is 1. The molecular weight excluding hydrogens is 438 g/mol. The first kappa shape index (κ1) is 25.4. The summed E-state index contributed by atoms with van der Waals surface area (Å²) in [6.45, 7) is 7.77. The van der Waals surface area contributed by atoms with E-state index >= 15 is 0 Å². The third-order valence-corrected chi connectivity index (χ3v) is 8.27. The zero-order valence-corrected chi connectivity index (χ0v) is 21.7. The molecule has 2 aromatic carbocycles. The van der Waals surface area contributed by atoms with Crippen LogP contribution in [0.3, 0.4) is 0 Å². The van der Waals surface area contributed by atoms with E-state index in [9.17, 15) is 14.7 Å². The van der Waals surface area contributed by atoms with Crippen LogP contribution in [0.4, 0.5) is 0 Å². The first-order chi connectivity index (χ1) is 16.8. The van der Waals surface area contributed by atoms with Crippen LogP contribution in [0.25, 0.3) is 11.1 Å². The Morgan fingerprint density at radius 3 is 2.46 bits per heavy atom. The summed E-state index contributed by atoms with van der Waals surface area (Å²) in [6, 6.07) is 4.70. The predicted molar refractivity (Wildman–Crippen MR) is 139 cm³/mol. The van der Waals surface area contributed by atoms with Crippen molar-refractivity contribution in [2.75, 3.05) is 13.7 Å². The highest BCUT2D eigenvalue weighted by atomic mass is 16.5. The number of rotatable bonds is 8. The molecule has 2 aliphatic rings. The van der Waals surface area contributed by atoms with Gasteiger partial charge in [-0.1, -0.05) is 25.3 Å². The van der Waals surface area contributed by atoms with Crippen LogP contribution in [0.15, 0.2) is 12.1 Å². The average Bonchev–Trinajstić information content (AvgIpc) is 2.86. The first-order valence-corrected chi connectivity index (χ1v) is 13.1. The van der Waals surface area contributed by atoms with Crippen molar-refractivity contribution in [3.05, 3.63) is 51.1 Å². The molecule has 5 nitrogen and oxygen atoms in total. The van der Waals surface area contributed by atoms with Gasteiger partial charge in [-0.25, -0.2) is 0 Å². The van der Waals surface area contributed by atoms with Crippen molar-refractivity contribution in [1.29, 1.82) is 0 Å². The number of ether oxygens (including phenoxy) is 1. The molecule has 0 saturated heterocycles. The van der Waals surface area contributed by atoms with Gasteiger partial charge in [-0.15, -0.1) is 0 Å². The Morgan fingerprint density at radius 2 is 1.77 bits per heavy atom. The van der Waals surface area contributed by atoms with E-state index in [-0.39, 0.29) is 6.42 Å². The summed E-state index contributed by atoms with van der Waals surface area (Å²) in [7, 11) is 2.20. The van der Waals surface area contributed by atoms with E-state index in [1.165, 1.54) is 48.8 Å². The quantitative estimate of drug-likeness (QED) is 0.491. The summed E-state index contributed by atoms with van der Waals surface area (Å²) < 4.78 is 5.90. The average molecular weight is 478 g/mol. The molecule has 1 aliphatic carbocycles. The molecule has 1 saturated carbocycles. The molecule has 1 N–H and O–H groups in total. The van der Waals surface area contributed by atoms with Gasteiger partial charge < -0.3 is 14.6 Å². The van der Waals surface area contributed by atoms with Gasteiger partial charge >= 0.3 is 5.97 Å². The molecule has 5 heteroatoms. The zero-order chi connectivity index (χ0) is 25.1. The van der Waals surface area contributed by atoms with Crippen molar-refractivity contribution in [3.63, 3.8) is 0 Å². The Kier molecular flexibility index (Phi) is 7.95. The molecule has 188 valence electrons. The predicted octanol–water partition coefficient (Wildman–Crippen LogP) is 5.74. The van der Waals surface area contributed by atoms with Crippen LogP contribution < -0.4 is 4.74 Å². The molecule has 1 heterocycles. The van der Waals surface area contributed by atoms with E-state index < -0.39 is 5.97 Å². The second kappa shape index (κ2) is 10.9. The van der Waals surface area contributed by atoms with Gasteiger partial charge in [0.1, 0.15) is 12.0 Å². The van der Waals surface area contributed by atoms with Gasteiger partial charge in [-0.2, -0.15) is 0 Å². The molecule has 1 aliphatic heterocycles. The second-order valence-electron chi connectivity index (χ2n) is 10.4. The monoisotopic (exact) mass is 477 g/mol. The van der Waals surface area contributed by atoms with Gasteiger partial charge in [0.05, 0.1) is 13.0 Å². The lowest BCUT2D eigenvalue weighted by Gasteiger charge is -2.33. The molecule has 0 radical (unpaired) electrons. The van der Waals surface area contributed by atoms with Crippen LogP contribution in [0, 0.1) is 20.8 Å². The number of carbonyl (C=O) groups is 2. The van der Waals surface area contributed by atoms with Crippen LogP contribution in [0.2, 0.25) is 0 Å². The van der Waals surface area contributed by atoms with E-state index in [1.54, 1.807) is 0 Å². The third kappa shape index (κ3) is 5.16. The number of hydrogen-bond donors (Lipinski definition) is 1. The van der Waals surface area contributed by atoms with Gasteiger partial charge in [-0.05, 0) is 110 Å². The van der Waals surface area contributed by atoms with Crippen LogP contribution in [0.5, 0.6) is 5.75 Å². The maximum absolute atomic E-state index is 12.0. The Morgan fingerprint density at radius 1 is 1.03 bits per heavy atom. The molecule has 0 amide bonds. The number of nitrogens with zero attached hydrogens (tertiary/aromatic N) is 1. The van der Waals surface area contributed by atoms with Gasteiger partial charge in [0.25, 0.3) is 0 Å². The van der Waals surface area contributed by atoms with Crippen LogP contribution >= 0.6 is 0 Å². The Hall–Kier alpha value is -2.66. The summed E-state index contributed by atoms with van der Waals surface area (Å²) in [4.78, 5) is 26.2. The number of aldehydes is 1. The Labute approximate surface area is 209 Å². The number of benzene rings is 2. The third-order valence-electron chi connectivity index (χ3n) is 8.27. The fourth-order valence-corrected chi connectivity index (χ4v) is 6.29. The van der Waals surface area contributed by atoms with Crippen molar-refractivity contribution in [1.82, 2.24) is 4.90 Å². The highest BCUT2D eigenvalue weighted by molar-refractivity contribution is 5.84. The van der Waals surface area contributed by atoms with Gasteiger partial charge in [0, 0.05) is 19.0 Å². The smallest absolute Gasteiger partial charge is 0.307 e. The van der Waals surface area contributed by atoms with E-state index in [4.69, 9.17) is 4.74 Å². The Bertz CT molecular complexity index is 1110. The van der Waals surface area contributed by atoms with Gasteiger partial charge in [-0.3, -0.25) is 9.69 Å². The van der Waals surface area contributed by atoms with E-state index in [1.807, 2.05) is 13.0 Å². The number of fused-ring (bicyclic) bond motifs is 1. The molecule has 2 aromatic rings. The molecule has 1 fully saturated rings. The lowest BCUT2D eigenvalue weighted by Crippen LogP contribution is -2.33. The zero-order valence-electron chi connectivity index (χ0n) is 21.7. The minimum Gasteiger partial charge on any atom is -0.493 e. The van der Waals surface area contributed by atoms with Crippen LogP contribution in [-0.2, 0) is 35.4 Å². The minimum atomic E-state index is -0.850. The fraction of sp³-hybridized carbons (Fsp3) is 0.533. The minimum absolute atomic E-state index is 0.0559. The van der Waals surface area contributed by atoms with Gasteiger partial charge in [0.15, 0.2) is 0 Å². The maximum atomic E-state index is 12.0. The molecule has 35 heavy (non-hydrogen) atoms. The summed E-state index contributed by atoms with van der Waals surface area (Å²) in [5.74, 6) is 0.0957. The normalized spacial score (nSPS) is 16.1. The lowest BCUT2D eigenvalue weighted by molar-refractivity contribution is -0.136. The standard InChI is InChI=1S/C30H39NO4/c1-19-23(14-15-32)27(18-31(4)22-9-6-5-7-10-22)21(3)30(26(19)17-29(33)34)25-12-13-28-24(20(25)2)11-8-16-35-28/h12-13,15,22H,5-11,14,16-18H2,1-4H3,(H,33,34). The van der Waals surface area contributed by atoms with Crippen molar-refractivity contribution in [2.45, 2.75) is 91.1 Å². The molecule has 0 bridgehead atoms. The van der Waals surface area contributed by atoms with Crippen molar-refractivity contribution in [2.24, 2.45) is 0 Å². The summed E-state index contributed by atoms with van der Waals surface area (Å²) in [5, 5.41) is 9.82. The fourth-order valence-electron chi connectivity index (χ4n) is 6.29. The van der Waals surface area contributed by atoms with Gasteiger partial charge in [0.2, 0.25) is 0 Å². The van der Waals surface area contributed by atoms with E-state index in [0.717, 1.165) is 71.4 Å². The first-order valence-electron chi connectivity index (χ1n) is 13.1. The molecule has 0 aromatic heterocycles. The second-order valence-corrected chi connectivity index (χ2v) is 10.4. The molecule has 4 rings (SSSR count). The molecule has 0 unspecified atom stereocenters. The summed E-state index contributed by atoms with van der Waals surface area (Å²) in [6.07, 6.45) is 9.46. The maximum Gasteiger partial charge on any atom is 0.307 e. The molecule has 0 spiro atoms. The number of carboxylic acids is 1. The van der Waals surface area contributed by atoms with E-state index in [2.05, 4.69) is 31.9 Å². The number of carboxylic acid groups (broad SMARTS) is 1. The van der Waals surface area contributed by atoms with Crippen LogP contribution in [0.1, 0.15) is 77.5 Å². The molecular formula is C30H39NO4. The Balaban J connectivity index is 1.90. The van der Waals surface area contributed by atoms with Crippen LogP contribution in [-0.4, -0.2) is 42.0 Å². The SMILES string of the molecule is Cc1c(-c2c(C)c(CN(C)C3CCCCC3)c(CC=O)c(C)c2CC(=O)O)ccc2c1CCCO2. The van der Waals surface area contributed by atoms with Crippen molar-refractivity contribution in [3.8, 4) is 16.9 Å². The highest BCUT2D eigenvalue weighted by Crippen LogP contribution is 2.41. The summed E-state index contributed by atoms with van der Waals surface area (Å²) >= 11 is 0. The largest absolute Gasteiger partial charge is 0.493 e. The highest BCUT2D eigenvalue weighted by Gasteiger charge is 2.26. The summed E-state index contributed by atoms with van der Waals surface area (Å²) in [5.41, 5.74) is 9.57. The van der Waals surface area contributed by atoms with Crippen molar-refractivity contribution >= 4 is 12.3 Å². The molecule has 0 atom stereocenters. The van der Waals surface area contributed by atoms with E-state index in [0.29, 0.717) is 12.5 Å². The number of aliphatic carboxylic acids is 1.